The molecule has 5 nitrogen and oxygen atoms in total. The van der Waals surface area contributed by atoms with Crippen LogP contribution in [0.5, 0.6) is 11.5 Å². The van der Waals surface area contributed by atoms with Gasteiger partial charge in [-0.25, -0.2) is 4.98 Å². The summed E-state index contributed by atoms with van der Waals surface area (Å²) in [6.07, 6.45) is 0.667. The molecule has 0 radical (unpaired) electrons. The highest BCUT2D eigenvalue weighted by Gasteiger charge is 2.15. The number of nitrogens with zero attached hydrogens (tertiary/aromatic N) is 1. The maximum absolute atomic E-state index is 9.96. The van der Waals surface area contributed by atoms with Crippen LogP contribution in [-0.4, -0.2) is 29.5 Å². The first-order valence-electron chi connectivity index (χ1n) is 7.90. The molecule has 0 aliphatic carbocycles. The van der Waals surface area contributed by atoms with Gasteiger partial charge >= 0.3 is 0 Å². The number of hydrogen-bond donors (Lipinski definition) is 2. The molecular weight excluding hydrogens is 312 g/mol. The summed E-state index contributed by atoms with van der Waals surface area (Å²) in [5, 5.41) is 16.2. The molecule has 1 aromatic carbocycles. The standard InChI is InChI=1S/C17H22N2O3S/c1-3-11(2)14(20)8-18-7-13-9-23-17(19-13)12-4-5-15-16(6-12)22-10-21-15/h4-6,9,11,14,18,20H,3,7-8,10H2,1-2H3. The molecule has 1 aromatic heterocycles. The SMILES string of the molecule is CCC(C)C(O)CNCc1csc(-c2ccc3c(c2)OCO3)n1. The van der Waals surface area contributed by atoms with Gasteiger partial charge in [0.25, 0.3) is 0 Å². The smallest absolute Gasteiger partial charge is 0.231 e. The predicted molar refractivity (Wildman–Crippen MR) is 90.8 cm³/mol. The van der Waals surface area contributed by atoms with E-state index in [2.05, 4.69) is 24.1 Å². The minimum absolute atomic E-state index is 0.282. The van der Waals surface area contributed by atoms with E-state index in [4.69, 9.17) is 9.47 Å². The molecule has 0 amide bonds. The molecular formula is C17H22N2O3S. The van der Waals surface area contributed by atoms with Crippen LogP contribution in [0.1, 0.15) is 26.0 Å². The lowest BCUT2D eigenvalue weighted by Crippen LogP contribution is -2.31. The Labute approximate surface area is 140 Å². The number of rotatable bonds is 7. The van der Waals surface area contributed by atoms with E-state index in [0.29, 0.717) is 19.0 Å². The Balaban J connectivity index is 1.58. The molecule has 23 heavy (non-hydrogen) atoms. The fourth-order valence-corrected chi connectivity index (χ4v) is 3.19. The van der Waals surface area contributed by atoms with Crippen LogP contribution in [-0.2, 0) is 6.54 Å². The molecule has 124 valence electrons. The van der Waals surface area contributed by atoms with Crippen molar-refractivity contribution < 1.29 is 14.6 Å². The summed E-state index contributed by atoms with van der Waals surface area (Å²) in [5.74, 6) is 1.86. The summed E-state index contributed by atoms with van der Waals surface area (Å²) < 4.78 is 10.7. The Hall–Kier alpha value is -1.63. The fraction of sp³-hybridized carbons (Fsp3) is 0.471. The summed E-state index contributed by atoms with van der Waals surface area (Å²) >= 11 is 1.61. The van der Waals surface area contributed by atoms with E-state index < -0.39 is 0 Å². The molecule has 2 atom stereocenters. The second-order valence-electron chi connectivity index (χ2n) is 5.80. The van der Waals surface area contributed by atoms with Gasteiger partial charge in [0.1, 0.15) is 5.01 Å². The highest BCUT2D eigenvalue weighted by molar-refractivity contribution is 7.13. The lowest BCUT2D eigenvalue weighted by Gasteiger charge is -2.17. The summed E-state index contributed by atoms with van der Waals surface area (Å²) in [5.41, 5.74) is 2.02. The molecule has 0 fully saturated rings. The Kier molecular flexibility index (Phi) is 5.15. The van der Waals surface area contributed by atoms with Crippen LogP contribution >= 0.6 is 11.3 Å². The topological polar surface area (TPSA) is 63.6 Å². The first kappa shape index (κ1) is 16.2. The minimum Gasteiger partial charge on any atom is -0.454 e. The number of hydrogen-bond acceptors (Lipinski definition) is 6. The third kappa shape index (κ3) is 3.83. The first-order chi connectivity index (χ1) is 11.2. The summed E-state index contributed by atoms with van der Waals surface area (Å²) in [4.78, 5) is 4.65. The quantitative estimate of drug-likeness (QED) is 0.815. The second kappa shape index (κ2) is 7.29. The molecule has 0 bridgehead atoms. The highest BCUT2D eigenvalue weighted by Crippen LogP contribution is 2.36. The Morgan fingerprint density at radius 1 is 1.35 bits per heavy atom. The molecule has 0 saturated heterocycles. The number of aromatic nitrogens is 1. The van der Waals surface area contributed by atoms with E-state index in [1.807, 2.05) is 23.6 Å². The molecule has 2 heterocycles. The molecule has 1 aliphatic rings. The molecule has 2 unspecified atom stereocenters. The number of nitrogens with one attached hydrogen (secondary N) is 1. The summed E-state index contributed by atoms with van der Waals surface area (Å²) in [7, 11) is 0. The minimum atomic E-state index is -0.313. The average molecular weight is 334 g/mol. The van der Waals surface area contributed by atoms with Crippen LogP contribution < -0.4 is 14.8 Å². The van der Waals surface area contributed by atoms with Crippen molar-refractivity contribution in [1.82, 2.24) is 10.3 Å². The lowest BCUT2D eigenvalue weighted by atomic mass is 10.0. The van der Waals surface area contributed by atoms with E-state index in [9.17, 15) is 5.11 Å². The maximum Gasteiger partial charge on any atom is 0.231 e. The van der Waals surface area contributed by atoms with Crippen LogP contribution in [0.2, 0.25) is 0 Å². The van der Waals surface area contributed by atoms with Crippen LogP contribution in [0.3, 0.4) is 0 Å². The van der Waals surface area contributed by atoms with Crippen LogP contribution in [0.4, 0.5) is 0 Å². The van der Waals surface area contributed by atoms with E-state index in [-0.39, 0.29) is 12.9 Å². The molecule has 0 saturated carbocycles. The van der Waals surface area contributed by atoms with Gasteiger partial charge < -0.3 is 19.9 Å². The predicted octanol–water partition coefficient (Wildman–Crippen LogP) is 3.04. The van der Waals surface area contributed by atoms with Crippen molar-refractivity contribution in [3.05, 3.63) is 29.3 Å². The van der Waals surface area contributed by atoms with Crippen LogP contribution in [0.15, 0.2) is 23.6 Å². The van der Waals surface area contributed by atoms with Crippen molar-refractivity contribution in [3.8, 4) is 22.1 Å². The third-order valence-electron chi connectivity index (χ3n) is 4.13. The summed E-state index contributed by atoms with van der Waals surface area (Å²) in [6, 6.07) is 5.88. The van der Waals surface area contributed by atoms with Gasteiger partial charge in [-0.15, -0.1) is 11.3 Å². The van der Waals surface area contributed by atoms with E-state index >= 15 is 0 Å². The number of fused-ring (bicyclic) bond motifs is 1. The molecule has 1 aliphatic heterocycles. The van der Waals surface area contributed by atoms with Crippen molar-refractivity contribution in [1.29, 1.82) is 0 Å². The molecule has 6 heteroatoms. The van der Waals surface area contributed by atoms with E-state index in [0.717, 1.165) is 34.2 Å². The Bertz CT molecular complexity index is 659. The fourth-order valence-electron chi connectivity index (χ4n) is 2.37. The van der Waals surface area contributed by atoms with Crippen molar-refractivity contribution in [3.63, 3.8) is 0 Å². The second-order valence-corrected chi connectivity index (χ2v) is 6.65. The average Bonchev–Trinajstić information content (AvgIpc) is 3.22. The van der Waals surface area contributed by atoms with Crippen molar-refractivity contribution in [2.24, 2.45) is 5.92 Å². The van der Waals surface area contributed by atoms with E-state index in [1.165, 1.54) is 0 Å². The van der Waals surface area contributed by atoms with E-state index in [1.54, 1.807) is 11.3 Å². The van der Waals surface area contributed by atoms with Gasteiger partial charge in [0, 0.05) is 24.0 Å². The first-order valence-corrected chi connectivity index (χ1v) is 8.78. The zero-order valence-electron chi connectivity index (χ0n) is 13.4. The summed E-state index contributed by atoms with van der Waals surface area (Å²) in [6.45, 7) is 5.68. The lowest BCUT2D eigenvalue weighted by molar-refractivity contribution is 0.112. The maximum atomic E-state index is 9.96. The van der Waals surface area contributed by atoms with Crippen LogP contribution in [0, 0.1) is 5.92 Å². The van der Waals surface area contributed by atoms with Gasteiger partial charge in [0.15, 0.2) is 11.5 Å². The Morgan fingerprint density at radius 3 is 3.00 bits per heavy atom. The molecule has 0 spiro atoms. The normalized spacial score (nSPS) is 15.6. The van der Waals surface area contributed by atoms with Gasteiger partial charge in [0.05, 0.1) is 11.8 Å². The zero-order valence-corrected chi connectivity index (χ0v) is 14.2. The monoisotopic (exact) mass is 334 g/mol. The Morgan fingerprint density at radius 2 is 2.17 bits per heavy atom. The van der Waals surface area contributed by atoms with Gasteiger partial charge in [-0.3, -0.25) is 0 Å². The van der Waals surface area contributed by atoms with Gasteiger partial charge in [0.2, 0.25) is 6.79 Å². The molecule has 2 N–H and O–H groups in total. The number of benzene rings is 1. The molecule has 2 aromatic rings. The van der Waals surface area contributed by atoms with Crippen molar-refractivity contribution >= 4 is 11.3 Å². The largest absolute Gasteiger partial charge is 0.454 e. The highest BCUT2D eigenvalue weighted by atomic mass is 32.1. The van der Waals surface area contributed by atoms with Crippen molar-refractivity contribution in [2.45, 2.75) is 32.9 Å². The number of thiazole rings is 1. The number of aliphatic hydroxyl groups excluding tert-OH is 1. The van der Waals surface area contributed by atoms with Gasteiger partial charge in [-0.1, -0.05) is 20.3 Å². The van der Waals surface area contributed by atoms with Crippen LogP contribution in [0.25, 0.3) is 10.6 Å². The molecule has 3 rings (SSSR count). The van der Waals surface area contributed by atoms with Crippen molar-refractivity contribution in [2.75, 3.05) is 13.3 Å². The number of aliphatic hydroxyl groups is 1. The zero-order chi connectivity index (χ0) is 16.2. The number of ether oxygens (including phenoxy) is 2. The van der Waals surface area contributed by atoms with Gasteiger partial charge in [-0.05, 0) is 24.1 Å². The third-order valence-corrected chi connectivity index (χ3v) is 5.07. The van der Waals surface area contributed by atoms with Gasteiger partial charge in [-0.2, -0.15) is 0 Å².